The molecule has 2 amide bonds. The molecule has 0 unspecified atom stereocenters. The number of hydrogen-bond acceptors (Lipinski definition) is 4. The van der Waals surface area contributed by atoms with Gasteiger partial charge in [-0.05, 0) is 25.7 Å². The largest absolute Gasteiger partial charge is 0.376 e. The summed E-state index contributed by atoms with van der Waals surface area (Å²) in [5.41, 5.74) is 0. The highest BCUT2D eigenvalue weighted by Gasteiger charge is 2.34. The molecule has 6 nitrogen and oxygen atoms in total. The van der Waals surface area contributed by atoms with E-state index in [9.17, 15) is 13.2 Å². The molecule has 20 heavy (non-hydrogen) atoms. The third-order valence-electron chi connectivity index (χ3n) is 3.88. The Labute approximate surface area is 120 Å². The second-order valence-corrected chi connectivity index (χ2v) is 7.80. The van der Waals surface area contributed by atoms with Crippen molar-refractivity contribution >= 4 is 15.9 Å². The fourth-order valence-corrected chi connectivity index (χ4v) is 4.55. The molecule has 0 bridgehead atoms. The number of sulfone groups is 1. The third-order valence-corrected chi connectivity index (χ3v) is 5.63. The molecule has 2 rings (SSSR count). The smallest absolute Gasteiger partial charge is 0.317 e. The molecular formula is C13H24N2O4S. The minimum atomic E-state index is -2.97. The summed E-state index contributed by atoms with van der Waals surface area (Å²) in [6.45, 7) is 3.86. The molecule has 2 saturated heterocycles. The van der Waals surface area contributed by atoms with Crippen LogP contribution in [0.25, 0.3) is 0 Å². The lowest BCUT2D eigenvalue weighted by Crippen LogP contribution is -2.48. The van der Waals surface area contributed by atoms with Gasteiger partial charge in [0.1, 0.15) is 0 Å². The Kier molecular flexibility index (Phi) is 5.26. The summed E-state index contributed by atoms with van der Waals surface area (Å²) < 4.78 is 28.6. The lowest BCUT2D eigenvalue weighted by Gasteiger charge is -2.28. The molecule has 2 aliphatic rings. The maximum Gasteiger partial charge on any atom is 0.317 e. The first-order valence-corrected chi connectivity index (χ1v) is 9.20. The van der Waals surface area contributed by atoms with E-state index in [4.69, 9.17) is 4.74 Å². The van der Waals surface area contributed by atoms with E-state index in [2.05, 4.69) is 5.32 Å². The number of rotatable bonds is 5. The van der Waals surface area contributed by atoms with E-state index in [1.165, 1.54) is 0 Å². The molecule has 0 saturated carbocycles. The maximum absolute atomic E-state index is 12.3. The molecule has 0 aliphatic carbocycles. The van der Waals surface area contributed by atoms with Gasteiger partial charge in [0.2, 0.25) is 0 Å². The quantitative estimate of drug-likeness (QED) is 0.814. The van der Waals surface area contributed by atoms with Crippen LogP contribution in [0.5, 0.6) is 0 Å². The first-order valence-electron chi connectivity index (χ1n) is 7.38. The summed E-state index contributed by atoms with van der Waals surface area (Å²) >= 11 is 0. The van der Waals surface area contributed by atoms with E-state index < -0.39 is 9.84 Å². The van der Waals surface area contributed by atoms with Gasteiger partial charge in [0.25, 0.3) is 0 Å². The molecular weight excluding hydrogens is 280 g/mol. The van der Waals surface area contributed by atoms with E-state index in [0.29, 0.717) is 19.5 Å². The molecule has 0 radical (unpaired) electrons. The summed E-state index contributed by atoms with van der Waals surface area (Å²) in [6.07, 6.45) is 3.50. The van der Waals surface area contributed by atoms with Gasteiger partial charge in [-0.2, -0.15) is 0 Å². The van der Waals surface area contributed by atoms with Crippen molar-refractivity contribution in [3.63, 3.8) is 0 Å². The predicted octanol–water partition coefficient (Wildman–Crippen LogP) is 0.774. The number of carbonyl (C=O) groups excluding carboxylic acids is 1. The molecule has 2 fully saturated rings. The number of nitrogens with zero attached hydrogens (tertiary/aromatic N) is 1. The van der Waals surface area contributed by atoms with E-state index in [1.54, 1.807) is 4.90 Å². The number of carbonyl (C=O) groups is 1. The fraction of sp³-hybridized carbons (Fsp3) is 0.923. The highest BCUT2D eigenvalue weighted by molar-refractivity contribution is 7.91. The highest BCUT2D eigenvalue weighted by Crippen LogP contribution is 2.18. The summed E-state index contributed by atoms with van der Waals surface area (Å²) in [4.78, 5) is 13.9. The van der Waals surface area contributed by atoms with Gasteiger partial charge in [-0.3, -0.25) is 0 Å². The second-order valence-electron chi connectivity index (χ2n) is 5.57. The van der Waals surface area contributed by atoms with Crippen molar-refractivity contribution in [2.24, 2.45) is 0 Å². The summed E-state index contributed by atoms with van der Waals surface area (Å²) in [5.74, 6) is 0.289. The molecule has 2 atom stereocenters. The van der Waals surface area contributed by atoms with Crippen molar-refractivity contribution < 1.29 is 17.9 Å². The van der Waals surface area contributed by atoms with Gasteiger partial charge in [-0.1, -0.05) is 6.92 Å². The number of hydrogen-bond donors (Lipinski definition) is 1. The van der Waals surface area contributed by atoms with E-state index in [1.807, 2.05) is 6.92 Å². The van der Waals surface area contributed by atoms with Crippen LogP contribution in [-0.4, -0.2) is 62.7 Å². The average Bonchev–Trinajstić information content (AvgIpc) is 3.02. The van der Waals surface area contributed by atoms with Crippen LogP contribution >= 0.6 is 0 Å². The Bertz CT molecular complexity index is 432. The molecule has 0 aromatic heterocycles. The van der Waals surface area contributed by atoms with Crippen LogP contribution in [0.3, 0.4) is 0 Å². The molecule has 0 aromatic rings. The van der Waals surface area contributed by atoms with E-state index in [0.717, 1.165) is 25.9 Å². The molecule has 0 aromatic carbocycles. The molecule has 0 spiro atoms. The Morgan fingerprint density at radius 1 is 1.40 bits per heavy atom. The average molecular weight is 304 g/mol. The normalized spacial score (nSPS) is 28.4. The van der Waals surface area contributed by atoms with E-state index in [-0.39, 0.29) is 29.7 Å². The van der Waals surface area contributed by atoms with Gasteiger partial charge in [-0.15, -0.1) is 0 Å². The maximum atomic E-state index is 12.3. The molecule has 1 N–H and O–H groups in total. The highest BCUT2D eigenvalue weighted by atomic mass is 32.2. The van der Waals surface area contributed by atoms with Gasteiger partial charge in [0, 0.05) is 25.7 Å². The topological polar surface area (TPSA) is 75.7 Å². The Morgan fingerprint density at radius 2 is 2.20 bits per heavy atom. The van der Waals surface area contributed by atoms with Crippen LogP contribution in [0.4, 0.5) is 4.79 Å². The zero-order valence-electron chi connectivity index (χ0n) is 12.0. The van der Waals surface area contributed by atoms with Crippen molar-refractivity contribution in [1.29, 1.82) is 0 Å². The number of nitrogens with one attached hydrogen (secondary N) is 1. The standard InChI is InChI=1S/C13H24N2O4S/c1-2-6-15(11-5-8-20(17,18)10-11)13(16)14-9-12-4-3-7-19-12/h11-12H,2-10H2,1H3,(H,14,16)/t11-,12-/m0/s1. The van der Waals surface area contributed by atoms with E-state index >= 15 is 0 Å². The SMILES string of the molecule is CCCN(C(=O)NC[C@@H]1CCCO1)[C@H]1CCS(=O)(=O)C1. The minimum absolute atomic E-state index is 0.0976. The summed E-state index contributed by atoms with van der Waals surface area (Å²) in [6, 6.07) is -0.339. The molecule has 7 heteroatoms. The van der Waals surface area contributed by atoms with Crippen LogP contribution in [0.2, 0.25) is 0 Å². The number of amides is 2. The van der Waals surface area contributed by atoms with Gasteiger partial charge in [0.15, 0.2) is 9.84 Å². The Morgan fingerprint density at radius 3 is 2.75 bits per heavy atom. The molecule has 2 aliphatic heterocycles. The Balaban J connectivity index is 1.88. The lowest BCUT2D eigenvalue weighted by molar-refractivity contribution is 0.107. The van der Waals surface area contributed by atoms with Crippen molar-refractivity contribution in [2.75, 3.05) is 31.2 Å². The Hall–Kier alpha value is -0.820. The minimum Gasteiger partial charge on any atom is -0.376 e. The van der Waals surface area contributed by atoms with Gasteiger partial charge in [-0.25, -0.2) is 13.2 Å². The van der Waals surface area contributed by atoms with Crippen molar-refractivity contribution in [2.45, 2.75) is 44.8 Å². The van der Waals surface area contributed by atoms with Crippen LogP contribution in [0, 0.1) is 0 Å². The van der Waals surface area contributed by atoms with Crippen LogP contribution in [0.15, 0.2) is 0 Å². The van der Waals surface area contributed by atoms with Crippen molar-refractivity contribution in [3.05, 3.63) is 0 Å². The molecule has 116 valence electrons. The zero-order valence-corrected chi connectivity index (χ0v) is 12.8. The predicted molar refractivity (Wildman–Crippen MR) is 76.4 cm³/mol. The number of ether oxygens (including phenoxy) is 1. The van der Waals surface area contributed by atoms with Crippen LogP contribution < -0.4 is 5.32 Å². The zero-order chi connectivity index (χ0) is 14.6. The van der Waals surface area contributed by atoms with Crippen molar-refractivity contribution in [1.82, 2.24) is 10.2 Å². The monoisotopic (exact) mass is 304 g/mol. The first-order chi connectivity index (χ1) is 9.52. The summed E-state index contributed by atoms with van der Waals surface area (Å²) in [5, 5.41) is 2.88. The lowest BCUT2D eigenvalue weighted by atomic mass is 10.2. The van der Waals surface area contributed by atoms with Gasteiger partial charge < -0.3 is 15.0 Å². The molecule has 2 heterocycles. The van der Waals surface area contributed by atoms with Gasteiger partial charge >= 0.3 is 6.03 Å². The van der Waals surface area contributed by atoms with Gasteiger partial charge in [0.05, 0.1) is 17.6 Å². The third kappa shape index (κ3) is 4.09. The fourth-order valence-electron chi connectivity index (χ4n) is 2.82. The summed E-state index contributed by atoms with van der Waals surface area (Å²) in [7, 11) is -2.97. The second kappa shape index (κ2) is 6.76. The van der Waals surface area contributed by atoms with Crippen molar-refractivity contribution in [3.8, 4) is 0 Å². The van der Waals surface area contributed by atoms with Crippen LogP contribution in [-0.2, 0) is 14.6 Å². The number of urea groups is 1. The van der Waals surface area contributed by atoms with Crippen LogP contribution in [0.1, 0.15) is 32.6 Å². The first kappa shape index (κ1) is 15.6.